The highest BCUT2D eigenvalue weighted by Gasteiger charge is 2.29. The van der Waals surface area contributed by atoms with E-state index in [1.54, 1.807) is 19.9 Å². The van der Waals surface area contributed by atoms with Gasteiger partial charge < -0.3 is 15.3 Å². The first-order valence-electron chi connectivity index (χ1n) is 4.63. The Morgan fingerprint density at radius 2 is 1.79 bits per heavy atom. The van der Waals surface area contributed by atoms with E-state index in [4.69, 9.17) is 5.11 Å². The second-order valence-corrected chi connectivity index (χ2v) is 3.49. The van der Waals surface area contributed by atoms with E-state index in [-0.39, 0.29) is 0 Å². The normalized spacial score (nSPS) is 20.4. The number of rotatable bonds is 5. The molecule has 82 valence electrons. The van der Waals surface area contributed by atoms with Gasteiger partial charge in [-0.05, 0) is 13.8 Å². The molecule has 3 unspecified atom stereocenters. The predicted molar refractivity (Wildman–Crippen MR) is 52.8 cm³/mol. The van der Waals surface area contributed by atoms with Gasteiger partial charge in [-0.15, -0.1) is 0 Å². The van der Waals surface area contributed by atoms with Crippen molar-refractivity contribution in [1.29, 1.82) is 0 Å². The van der Waals surface area contributed by atoms with Gasteiger partial charge in [0.25, 0.3) is 0 Å². The maximum Gasteiger partial charge on any atom is 0.308 e. The summed E-state index contributed by atoms with van der Waals surface area (Å²) in [5.41, 5.74) is 0. The van der Waals surface area contributed by atoms with E-state index in [1.807, 2.05) is 0 Å². The zero-order valence-electron chi connectivity index (χ0n) is 8.71. The fourth-order valence-corrected chi connectivity index (χ4v) is 1.18. The monoisotopic (exact) mass is 202 g/mol. The highest BCUT2D eigenvalue weighted by molar-refractivity contribution is 5.70. The molecule has 0 aliphatic heterocycles. The van der Waals surface area contributed by atoms with Crippen LogP contribution in [-0.4, -0.2) is 33.5 Å². The second-order valence-electron chi connectivity index (χ2n) is 3.49. The van der Waals surface area contributed by atoms with Crippen molar-refractivity contribution in [2.24, 2.45) is 11.8 Å². The molecule has 0 aromatic heterocycles. The van der Waals surface area contributed by atoms with E-state index in [0.717, 1.165) is 0 Å². The van der Waals surface area contributed by atoms with Crippen LogP contribution in [0.15, 0.2) is 12.2 Å². The van der Waals surface area contributed by atoms with Gasteiger partial charge in [0.05, 0.1) is 18.1 Å². The van der Waals surface area contributed by atoms with E-state index in [0.29, 0.717) is 0 Å². The van der Waals surface area contributed by atoms with Gasteiger partial charge in [-0.3, -0.25) is 4.79 Å². The van der Waals surface area contributed by atoms with Gasteiger partial charge in [0, 0.05) is 5.92 Å². The molecule has 0 saturated heterocycles. The van der Waals surface area contributed by atoms with Crippen molar-refractivity contribution in [1.82, 2.24) is 0 Å². The van der Waals surface area contributed by atoms with Crippen LogP contribution in [0.1, 0.15) is 20.8 Å². The zero-order chi connectivity index (χ0) is 11.3. The summed E-state index contributed by atoms with van der Waals surface area (Å²) in [5, 5.41) is 27.7. The fraction of sp³-hybridized carbons (Fsp3) is 0.700. The molecule has 0 bridgehead atoms. The first kappa shape index (κ1) is 13.1. The molecule has 14 heavy (non-hydrogen) atoms. The average molecular weight is 202 g/mol. The van der Waals surface area contributed by atoms with E-state index < -0.39 is 30.0 Å². The topological polar surface area (TPSA) is 77.8 Å². The minimum absolute atomic E-state index is 0.489. The Hall–Kier alpha value is -0.870. The molecule has 3 N–H and O–H groups in total. The van der Waals surface area contributed by atoms with Crippen molar-refractivity contribution >= 4 is 5.97 Å². The van der Waals surface area contributed by atoms with Crippen molar-refractivity contribution < 1.29 is 20.1 Å². The molecule has 0 amide bonds. The largest absolute Gasteiger partial charge is 0.481 e. The number of allylic oxidation sites excluding steroid dienone is 1. The highest BCUT2D eigenvalue weighted by atomic mass is 16.4. The lowest BCUT2D eigenvalue weighted by molar-refractivity contribution is -0.146. The number of carbonyl (C=O) groups is 1. The Morgan fingerprint density at radius 1 is 1.29 bits per heavy atom. The number of aliphatic hydroxyl groups is 2. The predicted octanol–water partition coefficient (Wildman–Crippen LogP) is 0.641. The van der Waals surface area contributed by atoms with Gasteiger partial charge in [-0.2, -0.15) is 0 Å². The summed E-state index contributed by atoms with van der Waals surface area (Å²) in [7, 11) is 0. The van der Waals surface area contributed by atoms with E-state index in [2.05, 4.69) is 0 Å². The summed E-state index contributed by atoms with van der Waals surface area (Å²) in [6.45, 7) is 4.80. The summed E-state index contributed by atoms with van der Waals surface area (Å²) < 4.78 is 0. The molecule has 0 fully saturated rings. The van der Waals surface area contributed by atoms with Crippen LogP contribution in [0.5, 0.6) is 0 Å². The number of hydrogen-bond donors (Lipinski definition) is 3. The van der Waals surface area contributed by atoms with Gasteiger partial charge in [0.1, 0.15) is 0 Å². The first-order valence-corrected chi connectivity index (χ1v) is 4.63. The highest BCUT2D eigenvalue weighted by Crippen LogP contribution is 2.17. The molecular weight excluding hydrogens is 184 g/mol. The van der Waals surface area contributed by atoms with Crippen molar-refractivity contribution in [3.63, 3.8) is 0 Å². The van der Waals surface area contributed by atoms with Crippen molar-refractivity contribution in [3.05, 3.63) is 12.2 Å². The maximum absolute atomic E-state index is 10.6. The summed E-state index contributed by atoms with van der Waals surface area (Å²) in [5.74, 6) is -2.42. The van der Waals surface area contributed by atoms with Crippen LogP contribution in [0.3, 0.4) is 0 Å². The van der Waals surface area contributed by atoms with Gasteiger partial charge in [-0.25, -0.2) is 0 Å². The van der Waals surface area contributed by atoms with E-state index in [1.165, 1.54) is 13.0 Å². The third-order valence-electron chi connectivity index (χ3n) is 2.37. The Balaban J connectivity index is 4.37. The molecule has 0 aromatic carbocycles. The van der Waals surface area contributed by atoms with Gasteiger partial charge in [0.2, 0.25) is 0 Å². The van der Waals surface area contributed by atoms with Gasteiger partial charge in [-0.1, -0.05) is 19.1 Å². The summed E-state index contributed by atoms with van der Waals surface area (Å²) in [6.07, 6.45) is 1.34. The summed E-state index contributed by atoms with van der Waals surface area (Å²) in [4.78, 5) is 10.6. The van der Waals surface area contributed by atoms with Gasteiger partial charge in [0.15, 0.2) is 0 Å². The molecule has 0 aromatic rings. The van der Waals surface area contributed by atoms with Gasteiger partial charge >= 0.3 is 5.97 Å². The lowest BCUT2D eigenvalue weighted by atomic mass is 9.89. The first-order chi connectivity index (χ1) is 6.41. The van der Waals surface area contributed by atoms with E-state index >= 15 is 0 Å². The van der Waals surface area contributed by atoms with Crippen LogP contribution in [-0.2, 0) is 4.79 Å². The minimum Gasteiger partial charge on any atom is -0.481 e. The molecule has 4 heteroatoms. The summed E-state index contributed by atoms with van der Waals surface area (Å²) >= 11 is 0. The van der Waals surface area contributed by atoms with Crippen LogP contribution in [0.25, 0.3) is 0 Å². The van der Waals surface area contributed by atoms with Crippen molar-refractivity contribution in [3.8, 4) is 0 Å². The maximum atomic E-state index is 10.6. The smallest absolute Gasteiger partial charge is 0.308 e. The molecule has 0 radical (unpaired) electrons. The molecule has 0 saturated carbocycles. The average Bonchev–Trinajstić information content (AvgIpc) is 2.14. The van der Waals surface area contributed by atoms with Crippen LogP contribution < -0.4 is 0 Å². The second kappa shape index (κ2) is 5.78. The molecule has 0 aliphatic carbocycles. The zero-order valence-corrected chi connectivity index (χ0v) is 8.71. The van der Waals surface area contributed by atoms with Crippen molar-refractivity contribution in [2.45, 2.75) is 33.0 Å². The quantitative estimate of drug-likeness (QED) is 0.572. The van der Waals surface area contributed by atoms with Crippen LogP contribution in [0, 0.1) is 11.8 Å². The Labute approximate surface area is 83.9 Å². The standard InChI is InChI=1S/C10H18O4/c1-4-5-8(11)6(2)9(12)7(3)10(13)14/h4-9,11-12H,1-3H3,(H,13,14)/b5-4+/t6?,7?,8-,9?/m1/s1. The minimum atomic E-state index is -1.06. The third kappa shape index (κ3) is 3.47. The Morgan fingerprint density at radius 3 is 2.14 bits per heavy atom. The molecule has 0 aliphatic rings. The SMILES string of the molecule is C/C=C/[C@@H](O)C(C)C(O)C(C)C(=O)O. The van der Waals surface area contributed by atoms with E-state index in [9.17, 15) is 15.0 Å². The molecule has 4 nitrogen and oxygen atoms in total. The van der Waals surface area contributed by atoms with Crippen molar-refractivity contribution in [2.75, 3.05) is 0 Å². The molecule has 0 spiro atoms. The number of aliphatic hydroxyl groups excluding tert-OH is 2. The number of aliphatic carboxylic acids is 1. The lowest BCUT2D eigenvalue weighted by Gasteiger charge is -2.24. The van der Waals surface area contributed by atoms with Crippen LogP contribution in [0.4, 0.5) is 0 Å². The number of carboxylic acid groups (broad SMARTS) is 1. The Kier molecular flexibility index (Phi) is 5.42. The molecule has 4 atom stereocenters. The summed E-state index contributed by atoms with van der Waals surface area (Å²) in [6, 6.07) is 0. The van der Waals surface area contributed by atoms with Crippen LogP contribution in [0.2, 0.25) is 0 Å². The number of carboxylic acids is 1. The molecule has 0 heterocycles. The molecule has 0 rings (SSSR count). The number of hydrogen-bond acceptors (Lipinski definition) is 3. The third-order valence-corrected chi connectivity index (χ3v) is 2.37. The van der Waals surface area contributed by atoms with Crippen LogP contribution >= 0.6 is 0 Å². The lowest BCUT2D eigenvalue weighted by Crippen LogP contribution is -2.36. The molecular formula is C10H18O4. The Bertz CT molecular complexity index is 212. The fourth-order valence-electron chi connectivity index (χ4n) is 1.18.